The third-order valence-electron chi connectivity index (χ3n) is 5.64. The SMILES string of the molecule is CCc1ccc2c(C(C)C)c(/C=C/C(O)CC(O)CC(=O)OC)c(-c3ccc(F)cc3)nn12. The van der Waals surface area contributed by atoms with Crippen molar-refractivity contribution in [3.63, 3.8) is 0 Å². The van der Waals surface area contributed by atoms with Gasteiger partial charge in [0.25, 0.3) is 0 Å². The minimum atomic E-state index is -1.02. The summed E-state index contributed by atoms with van der Waals surface area (Å²) in [5, 5.41) is 25.4. The highest BCUT2D eigenvalue weighted by Crippen LogP contribution is 2.34. The summed E-state index contributed by atoms with van der Waals surface area (Å²) in [6, 6.07) is 10.3. The van der Waals surface area contributed by atoms with Crippen LogP contribution in [0.5, 0.6) is 0 Å². The summed E-state index contributed by atoms with van der Waals surface area (Å²) in [4.78, 5) is 11.4. The van der Waals surface area contributed by atoms with Crippen LogP contribution in [0.1, 0.15) is 56.4 Å². The highest BCUT2D eigenvalue weighted by molar-refractivity contribution is 5.79. The zero-order chi connectivity index (χ0) is 24.1. The zero-order valence-corrected chi connectivity index (χ0v) is 19.5. The van der Waals surface area contributed by atoms with Crippen molar-refractivity contribution >= 4 is 17.6 Å². The highest BCUT2D eigenvalue weighted by atomic mass is 19.1. The molecule has 2 heterocycles. The molecule has 7 heteroatoms. The van der Waals surface area contributed by atoms with Crippen LogP contribution in [-0.2, 0) is 16.0 Å². The lowest BCUT2D eigenvalue weighted by Gasteiger charge is -2.18. The molecule has 0 radical (unpaired) electrons. The summed E-state index contributed by atoms with van der Waals surface area (Å²) in [5.41, 5.74) is 5.37. The second-order valence-electron chi connectivity index (χ2n) is 8.41. The summed E-state index contributed by atoms with van der Waals surface area (Å²) in [7, 11) is 1.25. The van der Waals surface area contributed by atoms with Crippen LogP contribution >= 0.6 is 0 Å². The minimum absolute atomic E-state index is 0.00469. The second-order valence-corrected chi connectivity index (χ2v) is 8.41. The van der Waals surface area contributed by atoms with E-state index in [4.69, 9.17) is 5.10 Å². The normalized spacial score (nSPS) is 13.7. The Hall–Kier alpha value is -3.03. The van der Waals surface area contributed by atoms with Crippen LogP contribution in [0.15, 0.2) is 42.5 Å². The van der Waals surface area contributed by atoms with E-state index >= 15 is 0 Å². The molecule has 176 valence electrons. The molecule has 2 atom stereocenters. The maximum absolute atomic E-state index is 13.6. The van der Waals surface area contributed by atoms with Gasteiger partial charge in [-0.25, -0.2) is 8.91 Å². The molecular formula is C26H31FN2O4. The average molecular weight is 455 g/mol. The predicted molar refractivity (Wildman–Crippen MR) is 126 cm³/mol. The van der Waals surface area contributed by atoms with Crippen molar-refractivity contribution in [1.82, 2.24) is 9.61 Å². The number of benzene rings is 1. The summed E-state index contributed by atoms with van der Waals surface area (Å²) in [6.45, 7) is 6.26. The van der Waals surface area contributed by atoms with Crippen molar-refractivity contribution in [1.29, 1.82) is 0 Å². The van der Waals surface area contributed by atoms with Crippen molar-refractivity contribution in [2.24, 2.45) is 0 Å². The molecule has 0 aliphatic rings. The van der Waals surface area contributed by atoms with Crippen LogP contribution < -0.4 is 0 Å². The predicted octanol–water partition coefficient (Wildman–Crippen LogP) is 4.51. The fourth-order valence-electron chi connectivity index (χ4n) is 4.00. The van der Waals surface area contributed by atoms with Crippen LogP contribution in [-0.4, -0.2) is 45.1 Å². The monoisotopic (exact) mass is 454 g/mol. The number of aryl methyl sites for hydroxylation is 1. The van der Waals surface area contributed by atoms with Crippen LogP contribution in [0.2, 0.25) is 0 Å². The Kier molecular flexibility index (Phi) is 8.00. The summed E-state index contributed by atoms with van der Waals surface area (Å²) in [6.07, 6.45) is 2.03. The van der Waals surface area contributed by atoms with Crippen molar-refractivity contribution in [3.8, 4) is 11.3 Å². The standard InChI is InChI=1S/C26H31FN2O4/c1-5-19-10-13-23-25(16(2)3)22(12-11-20(30)14-21(31)15-24(32)33-4)26(28-29(19)23)17-6-8-18(27)9-7-17/h6-13,16,20-21,30-31H,5,14-15H2,1-4H3/b12-11+. The van der Waals surface area contributed by atoms with Gasteiger partial charge in [-0.15, -0.1) is 0 Å². The molecule has 2 unspecified atom stereocenters. The molecule has 2 aromatic heterocycles. The lowest BCUT2D eigenvalue weighted by molar-refractivity contribution is -0.143. The van der Waals surface area contributed by atoms with Crippen LogP contribution in [0.25, 0.3) is 22.9 Å². The van der Waals surface area contributed by atoms with Gasteiger partial charge in [0, 0.05) is 23.2 Å². The number of carbonyl (C=O) groups excluding carboxylic acids is 1. The molecule has 0 amide bonds. The first kappa shape index (κ1) is 24.6. The van der Waals surface area contributed by atoms with Gasteiger partial charge in [-0.1, -0.05) is 32.9 Å². The lowest BCUT2D eigenvalue weighted by Crippen LogP contribution is -2.20. The molecule has 0 bridgehead atoms. The van der Waals surface area contributed by atoms with Gasteiger partial charge in [0.2, 0.25) is 0 Å². The Morgan fingerprint density at radius 1 is 1.18 bits per heavy atom. The van der Waals surface area contributed by atoms with Crippen molar-refractivity contribution in [2.75, 3.05) is 7.11 Å². The molecule has 0 spiro atoms. The van der Waals surface area contributed by atoms with Gasteiger partial charge in [0.05, 0.1) is 36.9 Å². The number of esters is 1. The van der Waals surface area contributed by atoms with Gasteiger partial charge in [-0.3, -0.25) is 4.79 Å². The van der Waals surface area contributed by atoms with Gasteiger partial charge in [-0.05, 0) is 54.3 Å². The van der Waals surface area contributed by atoms with E-state index in [-0.39, 0.29) is 24.6 Å². The number of rotatable bonds is 9. The summed E-state index contributed by atoms with van der Waals surface area (Å²) in [5.74, 6) is -0.712. The Morgan fingerprint density at radius 3 is 2.48 bits per heavy atom. The van der Waals surface area contributed by atoms with E-state index in [1.165, 1.54) is 19.2 Å². The molecule has 0 aliphatic carbocycles. The molecule has 6 nitrogen and oxygen atoms in total. The largest absolute Gasteiger partial charge is 0.469 e. The van der Waals surface area contributed by atoms with Crippen molar-refractivity contribution < 1.29 is 24.1 Å². The number of methoxy groups -OCH3 is 1. The maximum atomic E-state index is 13.6. The van der Waals surface area contributed by atoms with Gasteiger partial charge < -0.3 is 14.9 Å². The first-order valence-corrected chi connectivity index (χ1v) is 11.2. The average Bonchev–Trinajstić information content (AvgIpc) is 3.19. The first-order valence-electron chi connectivity index (χ1n) is 11.2. The fourth-order valence-corrected chi connectivity index (χ4v) is 4.00. The topological polar surface area (TPSA) is 84.1 Å². The molecule has 33 heavy (non-hydrogen) atoms. The van der Waals surface area contributed by atoms with Gasteiger partial charge in [-0.2, -0.15) is 5.10 Å². The van der Waals surface area contributed by atoms with Gasteiger partial charge >= 0.3 is 5.97 Å². The molecule has 3 aromatic rings. The second kappa shape index (κ2) is 10.7. The number of halogens is 1. The molecule has 0 fully saturated rings. The van der Waals surface area contributed by atoms with Gasteiger partial charge in [0.15, 0.2) is 0 Å². The molecule has 3 rings (SSSR count). The van der Waals surface area contributed by atoms with Crippen molar-refractivity contribution in [2.45, 2.75) is 58.2 Å². The lowest BCUT2D eigenvalue weighted by atomic mass is 9.93. The van der Waals surface area contributed by atoms with E-state index in [0.717, 1.165) is 34.3 Å². The van der Waals surface area contributed by atoms with Crippen molar-refractivity contribution in [3.05, 3.63) is 65.1 Å². The number of carbonyl (C=O) groups is 1. The Labute approximate surface area is 193 Å². The quantitative estimate of drug-likeness (QED) is 0.465. The van der Waals surface area contributed by atoms with Crippen LogP contribution in [0, 0.1) is 5.82 Å². The molecule has 0 saturated carbocycles. The summed E-state index contributed by atoms with van der Waals surface area (Å²) < 4.78 is 20.1. The van der Waals surface area contributed by atoms with Gasteiger partial charge in [0.1, 0.15) is 5.82 Å². The van der Waals surface area contributed by atoms with E-state index in [9.17, 15) is 19.4 Å². The Morgan fingerprint density at radius 2 is 1.88 bits per heavy atom. The number of ether oxygens (including phenoxy) is 1. The number of hydrogen-bond acceptors (Lipinski definition) is 5. The highest BCUT2D eigenvalue weighted by Gasteiger charge is 2.20. The number of aromatic nitrogens is 2. The third kappa shape index (κ3) is 5.67. The molecular weight excluding hydrogens is 423 g/mol. The number of aliphatic hydroxyl groups is 2. The molecule has 1 aromatic carbocycles. The Balaban J connectivity index is 2.09. The maximum Gasteiger partial charge on any atom is 0.308 e. The van der Waals surface area contributed by atoms with E-state index < -0.39 is 18.2 Å². The van der Waals surface area contributed by atoms with E-state index in [0.29, 0.717) is 5.69 Å². The number of fused-ring (bicyclic) bond motifs is 1. The Bertz CT molecular complexity index is 1140. The number of nitrogens with zero attached hydrogens (tertiary/aromatic N) is 2. The van der Waals surface area contributed by atoms with E-state index in [2.05, 4.69) is 25.5 Å². The zero-order valence-electron chi connectivity index (χ0n) is 19.5. The van der Waals surface area contributed by atoms with E-state index in [1.807, 2.05) is 16.6 Å². The van der Waals surface area contributed by atoms with E-state index in [1.54, 1.807) is 24.3 Å². The summed E-state index contributed by atoms with van der Waals surface area (Å²) >= 11 is 0. The smallest absolute Gasteiger partial charge is 0.308 e. The van der Waals surface area contributed by atoms with Crippen LogP contribution in [0.3, 0.4) is 0 Å². The number of hydrogen-bond donors (Lipinski definition) is 2. The molecule has 0 saturated heterocycles. The fraction of sp³-hybridized carbons (Fsp3) is 0.385. The first-order chi connectivity index (χ1) is 15.7. The minimum Gasteiger partial charge on any atom is -0.469 e. The van der Waals surface area contributed by atoms with Crippen LogP contribution in [0.4, 0.5) is 4.39 Å². The third-order valence-corrected chi connectivity index (χ3v) is 5.64. The molecule has 0 aliphatic heterocycles. The number of aliphatic hydroxyl groups excluding tert-OH is 2. The molecule has 2 N–H and O–H groups in total.